The molecule has 1 unspecified atom stereocenters. The van der Waals surface area contributed by atoms with Crippen molar-refractivity contribution in [2.45, 2.75) is 111 Å². The molecular weight excluding hydrogens is 452 g/mol. The van der Waals surface area contributed by atoms with E-state index in [2.05, 4.69) is 47.3 Å². The number of carboxylic acid groups (broad SMARTS) is 1. The van der Waals surface area contributed by atoms with Crippen LogP contribution in [0.25, 0.3) is 0 Å². The molecular formula is C31H48O5. The summed E-state index contributed by atoms with van der Waals surface area (Å²) in [5.74, 6) is -0.582. The number of fused-ring (bicyclic) bond motifs is 7. The molecule has 5 heteroatoms. The number of aliphatic carboxylic acids is 1. The predicted molar refractivity (Wildman–Crippen MR) is 140 cm³/mol. The lowest BCUT2D eigenvalue weighted by Gasteiger charge is -2.72. The second kappa shape index (κ2) is 7.70. The molecule has 0 aromatic rings. The van der Waals surface area contributed by atoms with E-state index in [1.807, 2.05) is 13.0 Å². The summed E-state index contributed by atoms with van der Waals surface area (Å²) < 4.78 is 0. The fourth-order valence-electron chi connectivity index (χ4n) is 11.0. The lowest BCUT2D eigenvalue weighted by Crippen LogP contribution is -2.69. The van der Waals surface area contributed by atoms with Crippen molar-refractivity contribution < 1.29 is 25.2 Å². The van der Waals surface area contributed by atoms with Gasteiger partial charge in [0.1, 0.15) is 0 Å². The number of carbonyl (C=O) groups is 1. The summed E-state index contributed by atoms with van der Waals surface area (Å²) in [6.07, 6.45) is 8.67. The van der Waals surface area contributed by atoms with E-state index in [0.717, 1.165) is 32.1 Å². The van der Waals surface area contributed by atoms with E-state index in [9.17, 15) is 25.2 Å². The van der Waals surface area contributed by atoms with Gasteiger partial charge in [0.25, 0.3) is 0 Å². The quantitative estimate of drug-likeness (QED) is 0.384. The molecule has 0 aliphatic heterocycles. The first-order valence-electron chi connectivity index (χ1n) is 14.2. The molecule has 4 fully saturated rings. The first-order valence-corrected chi connectivity index (χ1v) is 14.2. The Labute approximate surface area is 217 Å². The summed E-state index contributed by atoms with van der Waals surface area (Å²) in [5, 5.41) is 44.5. The molecule has 0 amide bonds. The van der Waals surface area contributed by atoms with Gasteiger partial charge in [-0.25, -0.2) is 0 Å². The Hall–Kier alpha value is -1.17. The maximum absolute atomic E-state index is 12.9. The zero-order valence-electron chi connectivity index (χ0n) is 23.2. The van der Waals surface area contributed by atoms with Crippen molar-refractivity contribution in [2.24, 2.45) is 50.7 Å². The highest BCUT2D eigenvalue weighted by Crippen LogP contribution is 2.76. The topological polar surface area (TPSA) is 98.0 Å². The second-order valence-corrected chi connectivity index (χ2v) is 14.6. The maximum atomic E-state index is 12.9. The van der Waals surface area contributed by atoms with Crippen LogP contribution in [0.5, 0.6) is 0 Å². The Morgan fingerprint density at radius 2 is 1.69 bits per heavy atom. The lowest BCUT2D eigenvalue weighted by molar-refractivity contribution is -0.231. The Morgan fingerprint density at radius 1 is 1.03 bits per heavy atom. The number of rotatable bonds is 2. The van der Waals surface area contributed by atoms with Gasteiger partial charge in [-0.2, -0.15) is 0 Å². The normalized spacial score (nSPS) is 58.4. The van der Waals surface area contributed by atoms with Gasteiger partial charge in [0.15, 0.2) is 0 Å². The maximum Gasteiger partial charge on any atom is 0.310 e. The van der Waals surface area contributed by atoms with E-state index in [4.69, 9.17) is 0 Å². The van der Waals surface area contributed by atoms with E-state index in [0.29, 0.717) is 25.2 Å². The summed E-state index contributed by atoms with van der Waals surface area (Å²) in [6, 6.07) is 0. The van der Waals surface area contributed by atoms with Crippen LogP contribution in [0.3, 0.4) is 0 Å². The third-order valence-electron chi connectivity index (χ3n) is 13.6. The molecule has 0 saturated heterocycles. The van der Waals surface area contributed by atoms with Crippen LogP contribution < -0.4 is 0 Å². The summed E-state index contributed by atoms with van der Waals surface area (Å²) in [6.45, 7) is 17.2. The molecule has 0 heterocycles. The highest BCUT2D eigenvalue weighted by atomic mass is 16.4. The average Bonchev–Trinajstić information content (AvgIpc) is 2.80. The van der Waals surface area contributed by atoms with Crippen LogP contribution in [0.4, 0.5) is 0 Å². The van der Waals surface area contributed by atoms with Gasteiger partial charge >= 0.3 is 5.97 Å². The highest BCUT2D eigenvalue weighted by molar-refractivity contribution is 5.77. The van der Waals surface area contributed by atoms with Gasteiger partial charge in [0.05, 0.1) is 23.2 Å². The van der Waals surface area contributed by atoms with E-state index in [1.165, 1.54) is 5.57 Å². The molecule has 36 heavy (non-hydrogen) atoms. The minimum atomic E-state index is -1.07. The van der Waals surface area contributed by atoms with Gasteiger partial charge in [-0.1, -0.05) is 52.3 Å². The summed E-state index contributed by atoms with van der Waals surface area (Å²) >= 11 is 0. The number of aliphatic hydroxyl groups is 3. The molecule has 4 N–H and O–H groups in total. The fourth-order valence-corrected chi connectivity index (χ4v) is 11.0. The Kier molecular flexibility index (Phi) is 5.65. The largest absolute Gasteiger partial charge is 0.481 e. The van der Waals surface area contributed by atoms with Crippen LogP contribution in [0.2, 0.25) is 0 Å². The van der Waals surface area contributed by atoms with E-state index >= 15 is 0 Å². The SMILES string of the molecule is C=C[C@@]1(C)C2CC[C@]3(C)[C@H](CC=C4[C@H]5[C@](C(=O)O)(CC[C@@H](C)[C@@]5(C)O)CC[C@]43C)[C@@]2(C)C[C@@H](O)[C@@H]1O. The first-order chi connectivity index (χ1) is 16.6. The average molecular weight is 501 g/mol. The smallest absolute Gasteiger partial charge is 0.310 e. The highest BCUT2D eigenvalue weighted by Gasteiger charge is 2.72. The molecule has 0 aromatic heterocycles. The molecule has 0 bridgehead atoms. The van der Waals surface area contributed by atoms with Gasteiger partial charge in [-0.05, 0) is 92.3 Å². The molecule has 0 spiro atoms. The van der Waals surface area contributed by atoms with E-state index < -0.39 is 34.6 Å². The molecule has 0 aromatic carbocycles. The zero-order chi connectivity index (χ0) is 26.7. The monoisotopic (exact) mass is 500 g/mol. The summed E-state index contributed by atoms with van der Waals surface area (Å²) in [4.78, 5) is 12.9. The summed E-state index contributed by atoms with van der Waals surface area (Å²) in [7, 11) is 0. The molecule has 5 aliphatic carbocycles. The Balaban J connectivity index is 1.65. The molecule has 12 atom stereocenters. The van der Waals surface area contributed by atoms with Crippen molar-refractivity contribution in [3.63, 3.8) is 0 Å². The molecule has 202 valence electrons. The van der Waals surface area contributed by atoms with Crippen molar-refractivity contribution >= 4 is 5.97 Å². The lowest BCUT2D eigenvalue weighted by atomic mass is 9.33. The minimum Gasteiger partial charge on any atom is -0.481 e. The number of aliphatic hydroxyl groups excluding tert-OH is 2. The standard InChI is InChI=1S/C31H48O5/c1-8-26(3)21-12-13-29(6)22(27(21,4)17-20(32)24(26)33)10-9-19-23-30(7,36)18(2)11-14-31(23,25(34)35)16-15-28(19,29)5/h8-9,18,20-24,32-33,36H,1,10-17H2,2-7H3,(H,34,35)/t18-,20-,21?,22-,23-,24+,26+,27+,28-,29-,30-,31+/m1/s1. The van der Waals surface area contributed by atoms with Crippen molar-refractivity contribution in [1.82, 2.24) is 0 Å². The van der Waals surface area contributed by atoms with Crippen molar-refractivity contribution in [2.75, 3.05) is 0 Å². The van der Waals surface area contributed by atoms with Gasteiger partial charge in [0.2, 0.25) is 0 Å². The van der Waals surface area contributed by atoms with Crippen LogP contribution in [-0.2, 0) is 4.79 Å². The van der Waals surface area contributed by atoms with Crippen molar-refractivity contribution in [3.05, 3.63) is 24.3 Å². The Morgan fingerprint density at radius 3 is 2.31 bits per heavy atom. The number of hydrogen-bond acceptors (Lipinski definition) is 4. The molecule has 5 rings (SSSR count). The zero-order valence-corrected chi connectivity index (χ0v) is 23.2. The van der Waals surface area contributed by atoms with Gasteiger partial charge in [0, 0.05) is 11.3 Å². The van der Waals surface area contributed by atoms with Gasteiger partial charge in [-0.3, -0.25) is 4.79 Å². The van der Waals surface area contributed by atoms with Crippen LogP contribution in [0, 0.1) is 50.7 Å². The van der Waals surface area contributed by atoms with Gasteiger partial charge in [-0.15, -0.1) is 6.58 Å². The molecule has 4 saturated carbocycles. The van der Waals surface area contributed by atoms with Crippen molar-refractivity contribution in [3.8, 4) is 0 Å². The van der Waals surface area contributed by atoms with Crippen LogP contribution >= 0.6 is 0 Å². The van der Waals surface area contributed by atoms with E-state index in [1.54, 1.807) is 0 Å². The third kappa shape index (κ3) is 2.86. The molecule has 5 aliphatic rings. The Bertz CT molecular complexity index is 1000. The second-order valence-electron chi connectivity index (χ2n) is 14.6. The van der Waals surface area contributed by atoms with Crippen LogP contribution in [0.1, 0.15) is 92.9 Å². The minimum absolute atomic E-state index is 0.0419. The number of hydrogen-bond donors (Lipinski definition) is 4. The molecule has 5 nitrogen and oxygen atoms in total. The fraction of sp³-hybridized carbons (Fsp3) is 0.839. The number of carboxylic acids is 1. The van der Waals surface area contributed by atoms with Crippen molar-refractivity contribution in [1.29, 1.82) is 0 Å². The van der Waals surface area contributed by atoms with Crippen LogP contribution in [-0.4, -0.2) is 44.2 Å². The first kappa shape index (κ1) is 26.4. The van der Waals surface area contributed by atoms with Crippen LogP contribution in [0.15, 0.2) is 24.3 Å². The van der Waals surface area contributed by atoms with E-state index in [-0.39, 0.29) is 34.0 Å². The predicted octanol–water partition coefficient (Wildman–Crippen LogP) is 5.34. The number of allylic oxidation sites excluding steroid dienone is 1. The molecule has 0 radical (unpaired) electrons. The van der Waals surface area contributed by atoms with Gasteiger partial charge < -0.3 is 20.4 Å². The third-order valence-corrected chi connectivity index (χ3v) is 13.6. The summed E-state index contributed by atoms with van der Waals surface area (Å²) in [5.41, 5.74) is -1.83.